The van der Waals surface area contributed by atoms with Crippen molar-refractivity contribution in [3.63, 3.8) is 0 Å². The van der Waals surface area contributed by atoms with Gasteiger partial charge in [-0.2, -0.15) is 9.29 Å². The molecule has 0 N–H and O–H groups in total. The number of unbranched alkanes of at least 4 members (excludes halogenated alkanes) is 1. The fourth-order valence-electron chi connectivity index (χ4n) is 3.18. The van der Waals surface area contributed by atoms with Crippen molar-refractivity contribution in [1.29, 1.82) is 0 Å². The minimum Gasteiger partial charge on any atom is -0.338 e. The van der Waals surface area contributed by atoms with Crippen LogP contribution in [0.5, 0.6) is 0 Å². The number of hydrogen-bond donors (Lipinski definition) is 0. The van der Waals surface area contributed by atoms with Crippen LogP contribution in [0.3, 0.4) is 0 Å². The lowest BCUT2D eigenvalue weighted by molar-refractivity contribution is 0.124. The average Bonchev–Trinajstić information content (AvgIpc) is 3.14. The van der Waals surface area contributed by atoms with Gasteiger partial charge in [0.2, 0.25) is 15.9 Å². The molecule has 1 atom stereocenters. The number of piperazine rings is 1. The lowest BCUT2D eigenvalue weighted by atomic mass is 10.2. The van der Waals surface area contributed by atoms with Crippen molar-refractivity contribution < 1.29 is 12.9 Å². The Hall–Kier alpha value is -1.00. The van der Waals surface area contributed by atoms with Crippen LogP contribution in [0.4, 0.5) is 0 Å². The van der Waals surface area contributed by atoms with Crippen LogP contribution in [0.2, 0.25) is 5.02 Å². The quantitative estimate of drug-likeness (QED) is 0.584. The Morgan fingerprint density at radius 1 is 1.29 bits per heavy atom. The molecule has 1 saturated heterocycles. The molecule has 1 aromatic heterocycles. The Bertz CT molecular complexity index is 913. The molecule has 1 fully saturated rings. The van der Waals surface area contributed by atoms with E-state index in [9.17, 15) is 8.42 Å². The fraction of sp³-hybridized carbons (Fsp3) is 0.556. The van der Waals surface area contributed by atoms with Crippen LogP contribution in [-0.2, 0) is 16.4 Å². The molecule has 10 heteroatoms. The van der Waals surface area contributed by atoms with Gasteiger partial charge in [-0.3, -0.25) is 4.90 Å². The van der Waals surface area contributed by atoms with Gasteiger partial charge in [0.25, 0.3) is 0 Å². The van der Waals surface area contributed by atoms with Crippen molar-refractivity contribution in [2.75, 3.05) is 26.2 Å². The monoisotopic (exact) mass is 490 g/mol. The summed E-state index contributed by atoms with van der Waals surface area (Å²) < 4.78 is 33.5. The van der Waals surface area contributed by atoms with E-state index in [0.717, 1.165) is 29.6 Å². The molecule has 1 unspecified atom stereocenters. The first kappa shape index (κ1) is 21.7. The van der Waals surface area contributed by atoms with E-state index in [2.05, 4.69) is 37.9 Å². The molecule has 2 aromatic rings. The molecule has 28 heavy (non-hydrogen) atoms. The van der Waals surface area contributed by atoms with Crippen LogP contribution in [0, 0.1) is 0 Å². The first-order valence-corrected chi connectivity index (χ1v) is 12.0. The highest BCUT2D eigenvalue weighted by atomic mass is 79.9. The van der Waals surface area contributed by atoms with Gasteiger partial charge in [-0.1, -0.05) is 46.0 Å². The van der Waals surface area contributed by atoms with E-state index in [1.165, 1.54) is 10.4 Å². The number of sulfonamides is 1. The van der Waals surface area contributed by atoms with Crippen molar-refractivity contribution in [2.45, 2.75) is 44.0 Å². The molecule has 0 saturated carbocycles. The third-order valence-electron chi connectivity index (χ3n) is 4.93. The van der Waals surface area contributed by atoms with Gasteiger partial charge in [0, 0.05) is 37.1 Å². The molecule has 0 amide bonds. The zero-order chi connectivity index (χ0) is 20.3. The Balaban J connectivity index is 1.64. The summed E-state index contributed by atoms with van der Waals surface area (Å²) in [5, 5.41) is 4.26. The molecule has 1 aliphatic rings. The van der Waals surface area contributed by atoms with Crippen molar-refractivity contribution in [2.24, 2.45) is 0 Å². The van der Waals surface area contributed by atoms with E-state index in [1.54, 1.807) is 12.1 Å². The predicted molar refractivity (Wildman–Crippen MR) is 111 cm³/mol. The van der Waals surface area contributed by atoms with Crippen LogP contribution < -0.4 is 0 Å². The number of benzene rings is 1. The van der Waals surface area contributed by atoms with Crippen molar-refractivity contribution in [3.8, 4) is 0 Å². The van der Waals surface area contributed by atoms with E-state index in [1.807, 2.05) is 6.92 Å². The topological polar surface area (TPSA) is 79.5 Å². The lowest BCUT2D eigenvalue weighted by Crippen LogP contribution is -2.49. The highest BCUT2D eigenvalue weighted by molar-refractivity contribution is 9.10. The SMILES string of the molecule is CCCCc1noc(C(C)N2CCN(S(=O)(=O)c3ccc(Br)cc3Cl)CC2)n1. The number of aromatic nitrogens is 2. The normalized spacial score (nSPS) is 17.7. The van der Waals surface area contributed by atoms with Crippen molar-refractivity contribution in [3.05, 3.63) is 39.4 Å². The average molecular weight is 492 g/mol. The standard InChI is InChI=1S/C18H24BrClN4O3S/c1-3-4-5-17-21-18(27-22-17)13(2)23-8-10-24(11-9-23)28(25,26)16-7-6-14(19)12-15(16)20/h6-7,12-13H,3-5,8-11H2,1-2H3. The number of aryl methyl sites for hydroxylation is 1. The lowest BCUT2D eigenvalue weighted by Gasteiger charge is -2.36. The van der Waals surface area contributed by atoms with Gasteiger partial charge in [0.1, 0.15) is 4.90 Å². The summed E-state index contributed by atoms with van der Waals surface area (Å²) in [6, 6.07) is 4.76. The zero-order valence-corrected chi connectivity index (χ0v) is 19.1. The molecule has 1 aliphatic heterocycles. The number of halogens is 2. The van der Waals surface area contributed by atoms with Crippen LogP contribution in [0.25, 0.3) is 0 Å². The summed E-state index contributed by atoms with van der Waals surface area (Å²) in [6.07, 6.45) is 2.92. The largest absolute Gasteiger partial charge is 0.338 e. The molecule has 154 valence electrons. The number of hydrogen-bond acceptors (Lipinski definition) is 6. The summed E-state index contributed by atoms with van der Waals surface area (Å²) >= 11 is 9.46. The van der Waals surface area contributed by atoms with Crippen LogP contribution >= 0.6 is 27.5 Å². The maximum atomic E-state index is 12.9. The van der Waals surface area contributed by atoms with Crippen molar-refractivity contribution in [1.82, 2.24) is 19.3 Å². The maximum absolute atomic E-state index is 12.9. The van der Waals surface area contributed by atoms with Gasteiger partial charge in [-0.25, -0.2) is 8.42 Å². The molecule has 3 rings (SSSR count). The summed E-state index contributed by atoms with van der Waals surface area (Å²) in [7, 11) is -3.63. The molecule has 0 spiro atoms. The summed E-state index contributed by atoms with van der Waals surface area (Å²) in [6.45, 7) is 6.07. The minimum absolute atomic E-state index is 0.0519. The van der Waals surface area contributed by atoms with Gasteiger partial charge in [0.15, 0.2) is 5.82 Å². The Morgan fingerprint density at radius 3 is 2.64 bits per heavy atom. The first-order valence-electron chi connectivity index (χ1n) is 9.34. The molecular weight excluding hydrogens is 468 g/mol. The van der Waals surface area contributed by atoms with Gasteiger partial charge >= 0.3 is 0 Å². The third-order valence-corrected chi connectivity index (χ3v) is 7.80. The fourth-order valence-corrected chi connectivity index (χ4v) is 5.62. The second-order valence-electron chi connectivity index (χ2n) is 6.84. The van der Waals surface area contributed by atoms with E-state index in [0.29, 0.717) is 32.1 Å². The van der Waals surface area contributed by atoms with E-state index in [-0.39, 0.29) is 16.0 Å². The molecule has 0 radical (unpaired) electrons. The second kappa shape index (κ2) is 9.21. The molecule has 7 nitrogen and oxygen atoms in total. The highest BCUT2D eigenvalue weighted by Gasteiger charge is 2.32. The van der Waals surface area contributed by atoms with Crippen LogP contribution in [0.1, 0.15) is 44.4 Å². The van der Waals surface area contributed by atoms with Gasteiger partial charge < -0.3 is 4.52 Å². The van der Waals surface area contributed by atoms with Crippen molar-refractivity contribution >= 4 is 37.6 Å². The summed E-state index contributed by atoms with van der Waals surface area (Å²) in [5.74, 6) is 1.31. The van der Waals surface area contributed by atoms with Crippen LogP contribution in [0.15, 0.2) is 32.1 Å². The Labute approximate surface area is 179 Å². The molecule has 0 aliphatic carbocycles. The van der Waals surface area contributed by atoms with E-state index < -0.39 is 10.0 Å². The number of nitrogens with zero attached hydrogens (tertiary/aromatic N) is 4. The predicted octanol–water partition coefficient (Wildman–Crippen LogP) is 3.90. The summed E-state index contributed by atoms with van der Waals surface area (Å²) in [5.41, 5.74) is 0. The van der Waals surface area contributed by atoms with Gasteiger partial charge in [0.05, 0.1) is 11.1 Å². The van der Waals surface area contributed by atoms with E-state index >= 15 is 0 Å². The molecule has 2 heterocycles. The van der Waals surface area contributed by atoms with Crippen LogP contribution in [-0.4, -0.2) is 53.9 Å². The molecular formula is C18H24BrClN4O3S. The maximum Gasteiger partial charge on any atom is 0.244 e. The zero-order valence-electron chi connectivity index (χ0n) is 15.9. The van der Waals surface area contributed by atoms with E-state index in [4.69, 9.17) is 16.1 Å². The molecule has 0 bridgehead atoms. The number of rotatable bonds is 7. The first-order chi connectivity index (χ1) is 13.3. The second-order valence-corrected chi connectivity index (χ2v) is 10.1. The molecule has 1 aromatic carbocycles. The van der Waals surface area contributed by atoms with Gasteiger partial charge in [-0.15, -0.1) is 0 Å². The Morgan fingerprint density at radius 2 is 2.00 bits per heavy atom. The minimum atomic E-state index is -3.63. The smallest absolute Gasteiger partial charge is 0.244 e. The Kier molecular flexibility index (Phi) is 7.14. The summed E-state index contributed by atoms with van der Waals surface area (Å²) in [4.78, 5) is 6.78. The van der Waals surface area contributed by atoms with Gasteiger partial charge in [-0.05, 0) is 31.5 Å². The highest BCUT2D eigenvalue weighted by Crippen LogP contribution is 2.29. The third kappa shape index (κ3) is 4.76.